The number of hydrogen-bond acceptors (Lipinski definition) is 7. The Morgan fingerprint density at radius 3 is 2.70 bits per heavy atom. The maximum Gasteiger partial charge on any atom is 0.226 e. The molecule has 0 saturated carbocycles. The molecule has 142 valence electrons. The van der Waals surface area contributed by atoms with E-state index in [0.29, 0.717) is 34.8 Å². The summed E-state index contributed by atoms with van der Waals surface area (Å²) in [4.78, 5) is 21.0. The maximum absolute atomic E-state index is 12.4. The van der Waals surface area contributed by atoms with Crippen LogP contribution in [0.1, 0.15) is 36.3 Å². The molecular weight excluding hydrogens is 388 g/mol. The number of thiazole rings is 1. The molecule has 0 fully saturated rings. The van der Waals surface area contributed by atoms with Gasteiger partial charge in [0, 0.05) is 17.3 Å². The van der Waals surface area contributed by atoms with Gasteiger partial charge in [-0.1, -0.05) is 16.8 Å². The van der Waals surface area contributed by atoms with Crippen LogP contribution in [-0.2, 0) is 23.4 Å². The molecule has 1 aromatic carbocycles. The Balaban J connectivity index is 1.53. The van der Waals surface area contributed by atoms with Crippen molar-refractivity contribution in [1.29, 1.82) is 0 Å². The molecule has 3 aromatic rings. The molecule has 2 aromatic heterocycles. The van der Waals surface area contributed by atoms with Gasteiger partial charge in [0.05, 0.1) is 17.7 Å². The molecule has 0 aliphatic rings. The maximum atomic E-state index is 12.4. The molecule has 1 N–H and O–H groups in total. The Hall–Kier alpha value is -2.45. The molecule has 0 aliphatic heterocycles. The van der Waals surface area contributed by atoms with E-state index in [1.54, 1.807) is 31.2 Å². The molecule has 2 heterocycles. The molecular formula is C18H19ClN4O3S. The standard InChI is InChI=1S/C18H19ClN4O3S/c1-11-20-17(23-26-11)18(2,3)22-15(24)8-13-10-27-16(21-13)9-25-14-6-4-12(19)5-7-14/h4-7,10H,8-9H2,1-3H3,(H,22,24). The Labute approximate surface area is 165 Å². The van der Waals surface area contributed by atoms with Crippen LogP contribution < -0.4 is 10.1 Å². The molecule has 0 bridgehead atoms. The number of aromatic nitrogens is 3. The summed E-state index contributed by atoms with van der Waals surface area (Å²) >= 11 is 7.30. The molecule has 0 aliphatic carbocycles. The van der Waals surface area contributed by atoms with Crippen LogP contribution in [0.15, 0.2) is 34.2 Å². The van der Waals surface area contributed by atoms with Crippen molar-refractivity contribution in [2.45, 2.75) is 39.3 Å². The lowest BCUT2D eigenvalue weighted by Crippen LogP contribution is -2.42. The summed E-state index contributed by atoms with van der Waals surface area (Å²) < 4.78 is 10.6. The van der Waals surface area contributed by atoms with Gasteiger partial charge in [-0.25, -0.2) is 4.98 Å². The van der Waals surface area contributed by atoms with Crippen molar-refractivity contribution in [1.82, 2.24) is 20.4 Å². The van der Waals surface area contributed by atoms with Crippen LogP contribution in [0.4, 0.5) is 0 Å². The van der Waals surface area contributed by atoms with Gasteiger partial charge in [-0.15, -0.1) is 11.3 Å². The van der Waals surface area contributed by atoms with Gasteiger partial charge < -0.3 is 14.6 Å². The lowest BCUT2D eigenvalue weighted by molar-refractivity contribution is -0.122. The van der Waals surface area contributed by atoms with Crippen LogP contribution in [0.5, 0.6) is 5.75 Å². The topological polar surface area (TPSA) is 90.1 Å². The molecule has 1 amide bonds. The first-order valence-corrected chi connectivity index (χ1v) is 9.51. The average molecular weight is 407 g/mol. The number of carbonyl (C=O) groups excluding carboxylic acids is 1. The van der Waals surface area contributed by atoms with E-state index >= 15 is 0 Å². The van der Waals surface area contributed by atoms with Gasteiger partial charge in [0.25, 0.3) is 0 Å². The minimum absolute atomic E-state index is 0.164. The highest BCUT2D eigenvalue weighted by molar-refractivity contribution is 7.09. The second-order valence-electron chi connectivity index (χ2n) is 6.46. The van der Waals surface area contributed by atoms with E-state index in [9.17, 15) is 4.79 Å². The number of benzene rings is 1. The summed E-state index contributed by atoms with van der Waals surface area (Å²) in [5, 5.41) is 10.1. The normalized spacial score (nSPS) is 11.4. The fourth-order valence-corrected chi connectivity index (χ4v) is 3.17. The number of amides is 1. The Morgan fingerprint density at radius 1 is 1.30 bits per heavy atom. The van der Waals surface area contributed by atoms with Gasteiger partial charge >= 0.3 is 0 Å². The minimum atomic E-state index is -0.731. The van der Waals surface area contributed by atoms with Crippen LogP contribution in [0.25, 0.3) is 0 Å². The van der Waals surface area contributed by atoms with Crippen LogP contribution >= 0.6 is 22.9 Å². The molecule has 0 radical (unpaired) electrons. The second kappa shape index (κ2) is 8.06. The zero-order valence-corrected chi connectivity index (χ0v) is 16.7. The quantitative estimate of drug-likeness (QED) is 0.643. The minimum Gasteiger partial charge on any atom is -0.486 e. The number of nitrogens with one attached hydrogen (secondary N) is 1. The molecule has 27 heavy (non-hydrogen) atoms. The predicted octanol–water partition coefficient (Wildman–Crippen LogP) is 3.66. The monoisotopic (exact) mass is 406 g/mol. The summed E-state index contributed by atoms with van der Waals surface area (Å²) in [6.45, 7) is 5.68. The summed E-state index contributed by atoms with van der Waals surface area (Å²) in [6.07, 6.45) is 0.164. The number of ether oxygens (including phenoxy) is 1. The van der Waals surface area contributed by atoms with E-state index in [2.05, 4.69) is 20.4 Å². The number of hydrogen-bond donors (Lipinski definition) is 1. The van der Waals surface area contributed by atoms with Crippen molar-refractivity contribution >= 4 is 28.8 Å². The molecule has 0 spiro atoms. The highest BCUT2D eigenvalue weighted by Crippen LogP contribution is 2.19. The SMILES string of the molecule is Cc1nc(C(C)(C)NC(=O)Cc2csc(COc3ccc(Cl)cc3)n2)no1. The van der Waals surface area contributed by atoms with Crippen LogP contribution in [-0.4, -0.2) is 21.0 Å². The summed E-state index contributed by atoms with van der Waals surface area (Å²) in [5.41, 5.74) is -0.0435. The highest BCUT2D eigenvalue weighted by Gasteiger charge is 2.28. The van der Waals surface area contributed by atoms with Crippen molar-refractivity contribution in [3.05, 3.63) is 57.1 Å². The zero-order valence-electron chi connectivity index (χ0n) is 15.2. The van der Waals surface area contributed by atoms with E-state index in [1.165, 1.54) is 11.3 Å². The molecule has 9 heteroatoms. The van der Waals surface area contributed by atoms with E-state index in [4.69, 9.17) is 20.9 Å². The molecule has 7 nitrogen and oxygen atoms in total. The second-order valence-corrected chi connectivity index (χ2v) is 7.84. The Bertz CT molecular complexity index is 921. The number of carbonyl (C=O) groups is 1. The van der Waals surface area contributed by atoms with E-state index in [0.717, 1.165) is 5.01 Å². The van der Waals surface area contributed by atoms with Crippen LogP contribution in [0.3, 0.4) is 0 Å². The zero-order chi connectivity index (χ0) is 19.4. The average Bonchev–Trinajstić information content (AvgIpc) is 3.23. The van der Waals surface area contributed by atoms with Crippen LogP contribution in [0.2, 0.25) is 5.02 Å². The largest absolute Gasteiger partial charge is 0.486 e. The predicted molar refractivity (Wildman–Crippen MR) is 102 cm³/mol. The summed E-state index contributed by atoms with van der Waals surface area (Å²) in [7, 11) is 0. The van der Waals surface area contributed by atoms with Gasteiger partial charge in [-0.05, 0) is 38.1 Å². The number of nitrogens with zero attached hydrogens (tertiary/aromatic N) is 3. The third-order valence-corrected chi connectivity index (χ3v) is 4.78. The van der Waals surface area contributed by atoms with Gasteiger partial charge in [-0.2, -0.15) is 4.98 Å². The number of rotatable bonds is 7. The fraction of sp³-hybridized carbons (Fsp3) is 0.333. The molecule has 0 saturated heterocycles. The van der Waals surface area contributed by atoms with Crippen molar-refractivity contribution < 1.29 is 14.1 Å². The smallest absolute Gasteiger partial charge is 0.226 e. The third-order valence-electron chi connectivity index (χ3n) is 3.66. The molecule has 0 unspecified atom stereocenters. The van der Waals surface area contributed by atoms with Crippen molar-refractivity contribution in [2.24, 2.45) is 0 Å². The number of halogens is 1. The van der Waals surface area contributed by atoms with Gasteiger partial charge in [-0.3, -0.25) is 4.79 Å². The summed E-state index contributed by atoms with van der Waals surface area (Å²) in [6, 6.07) is 7.13. The third kappa shape index (κ3) is 5.27. The first-order valence-electron chi connectivity index (χ1n) is 8.25. The van der Waals surface area contributed by atoms with Crippen LogP contribution in [0, 0.1) is 6.92 Å². The molecule has 3 rings (SSSR count). The van der Waals surface area contributed by atoms with E-state index in [-0.39, 0.29) is 12.3 Å². The molecule has 0 atom stereocenters. The lowest BCUT2D eigenvalue weighted by Gasteiger charge is -2.22. The Morgan fingerprint density at radius 2 is 2.04 bits per heavy atom. The van der Waals surface area contributed by atoms with Crippen molar-refractivity contribution in [2.75, 3.05) is 0 Å². The highest BCUT2D eigenvalue weighted by atomic mass is 35.5. The van der Waals surface area contributed by atoms with E-state index < -0.39 is 5.54 Å². The first kappa shape index (κ1) is 19.3. The fourth-order valence-electron chi connectivity index (χ4n) is 2.34. The van der Waals surface area contributed by atoms with E-state index in [1.807, 2.05) is 19.2 Å². The van der Waals surface area contributed by atoms with Crippen molar-refractivity contribution in [3.63, 3.8) is 0 Å². The first-order chi connectivity index (χ1) is 12.8. The number of aryl methyl sites for hydroxylation is 1. The summed E-state index contributed by atoms with van der Waals surface area (Å²) in [5.74, 6) is 1.44. The van der Waals surface area contributed by atoms with Crippen molar-refractivity contribution in [3.8, 4) is 5.75 Å². The van der Waals surface area contributed by atoms with Gasteiger partial charge in [0.2, 0.25) is 11.8 Å². The van der Waals surface area contributed by atoms with Gasteiger partial charge in [0.15, 0.2) is 5.82 Å². The van der Waals surface area contributed by atoms with Gasteiger partial charge in [0.1, 0.15) is 17.4 Å². The Kier molecular flexibility index (Phi) is 5.76. The lowest BCUT2D eigenvalue weighted by atomic mass is 10.0.